The number of rotatable bonds is 9. The van der Waals surface area contributed by atoms with Crippen molar-refractivity contribution in [3.05, 3.63) is 0 Å². The largest absolute Gasteiger partial charge is 0.355 e. The second kappa shape index (κ2) is 9.93. The average Bonchev–Trinajstić information content (AvgIpc) is 2.26. The molecule has 102 valence electrons. The van der Waals surface area contributed by atoms with Crippen LogP contribution in [0.3, 0.4) is 0 Å². The summed E-state index contributed by atoms with van der Waals surface area (Å²) < 4.78 is 0. The summed E-state index contributed by atoms with van der Waals surface area (Å²) in [5.41, 5.74) is 0. The van der Waals surface area contributed by atoms with Crippen molar-refractivity contribution in [1.82, 2.24) is 5.32 Å². The van der Waals surface area contributed by atoms with E-state index in [4.69, 9.17) is 0 Å². The van der Waals surface area contributed by atoms with E-state index in [1.54, 1.807) is 0 Å². The van der Waals surface area contributed by atoms with Crippen LogP contribution >= 0.6 is 15.9 Å². The molecule has 0 aliphatic rings. The van der Waals surface area contributed by atoms with Crippen molar-refractivity contribution < 1.29 is 4.79 Å². The molecule has 3 heteroatoms. The summed E-state index contributed by atoms with van der Waals surface area (Å²) in [4.78, 5) is 12.3. The van der Waals surface area contributed by atoms with E-state index in [9.17, 15) is 4.79 Å². The molecule has 2 nitrogen and oxygen atoms in total. The molecule has 0 spiro atoms. The van der Waals surface area contributed by atoms with E-state index < -0.39 is 0 Å². The molecule has 0 bridgehead atoms. The van der Waals surface area contributed by atoms with Crippen LogP contribution in [0.4, 0.5) is 0 Å². The van der Waals surface area contributed by atoms with Gasteiger partial charge in [-0.3, -0.25) is 4.79 Å². The van der Waals surface area contributed by atoms with Crippen molar-refractivity contribution in [3.63, 3.8) is 0 Å². The van der Waals surface area contributed by atoms with E-state index in [2.05, 4.69) is 48.9 Å². The Balaban J connectivity index is 3.88. The predicted octanol–water partition coefficient (Wildman–Crippen LogP) is 4.13. The first-order chi connectivity index (χ1) is 8.01. The molecule has 17 heavy (non-hydrogen) atoms. The number of hydrogen-bond acceptors (Lipinski definition) is 1. The molecule has 0 aromatic rings. The molecule has 0 aliphatic carbocycles. The van der Waals surface area contributed by atoms with Gasteiger partial charge in [0.05, 0.1) is 0 Å². The van der Waals surface area contributed by atoms with E-state index in [1.807, 2.05) is 0 Å². The van der Waals surface area contributed by atoms with Crippen molar-refractivity contribution in [1.29, 1.82) is 0 Å². The van der Waals surface area contributed by atoms with Crippen molar-refractivity contribution in [3.8, 4) is 0 Å². The van der Waals surface area contributed by atoms with Crippen LogP contribution in [0.5, 0.6) is 0 Å². The number of unbranched alkanes of at least 4 members (excludes halogenated alkanes) is 1. The second-order valence-electron chi connectivity index (χ2n) is 5.22. The van der Waals surface area contributed by atoms with Gasteiger partial charge in [0.2, 0.25) is 5.91 Å². The molecule has 0 rings (SSSR count). The van der Waals surface area contributed by atoms with Gasteiger partial charge in [-0.2, -0.15) is 0 Å². The van der Waals surface area contributed by atoms with Crippen LogP contribution in [0.1, 0.15) is 59.8 Å². The molecular formula is C14H28BrNO. The monoisotopic (exact) mass is 305 g/mol. The lowest BCUT2D eigenvalue weighted by molar-refractivity contribution is -0.125. The fourth-order valence-corrected chi connectivity index (χ4v) is 2.83. The van der Waals surface area contributed by atoms with Crippen LogP contribution in [0.15, 0.2) is 0 Å². The Bertz CT molecular complexity index is 206. The fraction of sp³-hybridized carbons (Fsp3) is 0.929. The highest BCUT2D eigenvalue weighted by molar-refractivity contribution is 9.09. The third-order valence-electron chi connectivity index (χ3n) is 2.99. The van der Waals surface area contributed by atoms with Gasteiger partial charge in [0.25, 0.3) is 0 Å². The van der Waals surface area contributed by atoms with Crippen molar-refractivity contribution in [2.24, 2.45) is 11.8 Å². The minimum atomic E-state index is 0.202. The van der Waals surface area contributed by atoms with Gasteiger partial charge in [-0.15, -0.1) is 0 Å². The van der Waals surface area contributed by atoms with Crippen LogP contribution in [0.2, 0.25) is 0 Å². The van der Waals surface area contributed by atoms with Crippen LogP contribution in [0, 0.1) is 11.8 Å². The number of hydrogen-bond donors (Lipinski definition) is 1. The standard InChI is InChI=1S/C14H28BrNO/c1-5-7-8-12(6-2)14(17)16-10-13(15)9-11(3)4/h11-13H,5-10H2,1-4H3,(H,16,17). The zero-order valence-electron chi connectivity index (χ0n) is 11.8. The molecule has 0 fully saturated rings. The van der Waals surface area contributed by atoms with Crippen molar-refractivity contribution >= 4 is 21.8 Å². The molecule has 0 radical (unpaired) electrons. The molecule has 1 N–H and O–H groups in total. The first kappa shape index (κ1) is 16.9. The molecule has 0 saturated carbocycles. The number of carbonyl (C=O) groups excluding carboxylic acids is 1. The normalized spacial score (nSPS) is 14.7. The van der Waals surface area contributed by atoms with Gasteiger partial charge in [-0.25, -0.2) is 0 Å². The number of nitrogens with one attached hydrogen (secondary N) is 1. The summed E-state index contributed by atoms with van der Waals surface area (Å²) >= 11 is 3.62. The Morgan fingerprint density at radius 1 is 1.29 bits per heavy atom. The zero-order chi connectivity index (χ0) is 13.3. The van der Waals surface area contributed by atoms with Crippen LogP contribution in [-0.4, -0.2) is 17.3 Å². The van der Waals surface area contributed by atoms with E-state index >= 15 is 0 Å². The van der Waals surface area contributed by atoms with Crippen LogP contribution in [0.25, 0.3) is 0 Å². The van der Waals surface area contributed by atoms with E-state index in [-0.39, 0.29) is 11.8 Å². The SMILES string of the molecule is CCCCC(CC)C(=O)NCC(Br)CC(C)C. The summed E-state index contributed by atoms with van der Waals surface area (Å²) in [5.74, 6) is 1.10. The van der Waals surface area contributed by atoms with Gasteiger partial charge in [-0.1, -0.05) is 56.5 Å². The Labute approximate surface area is 115 Å². The Morgan fingerprint density at radius 3 is 2.41 bits per heavy atom. The van der Waals surface area contributed by atoms with E-state index in [0.717, 1.165) is 38.6 Å². The van der Waals surface area contributed by atoms with Crippen molar-refractivity contribution in [2.75, 3.05) is 6.54 Å². The molecule has 2 atom stereocenters. The third-order valence-corrected chi connectivity index (χ3v) is 3.69. The number of alkyl halides is 1. The maximum absolute atomic E-state index is 11.9. The Kier molecular flexibility index (Phi) is 9.90. The first-order valence-electron chi connectivity index (χ1n) is 6.92. The summed E-state index contributed by atoms with van der Waals surface area (Å²) in [6, 6.07) is 0. The predicted molar refractivity (Wildman–Crippen MR) is 78.5 cm³/mol. The Morgan fingerprint density at radius 2 is 1.94 bits per heavy atom. The molecule has 0 aromatic carbocycles. The quantitative estimate of drug-likeness (QED) is 0.638. The zero-order valence-corrected chi connectivity index (χ0v) is 13.3. The minimum Gasteiger partial charge on any atom is -0.355 e. The van der Waals surface area contributed by atoms with Crippen LogP contribution in [-0.2, 0) is 4.79 Å². The summed E-state index contributed by atoms with van der Waals surface area (Å²) in [5, 5.41) is 3.06. The van der Waals surface area contributed by atoms with Gasteiger partial charge in [0, 0.05) is 17.3 Å². The molecular weight excluding hydrogens is 278 g/mol. The molecule has 0 heterocycles. The summed E-state index contributed by atoms with van der Waals surface area (Å²) in [6.07, 6.45) is 5.39. The second-order valence-corrected chi connectivity index (χ2v) is 6.51. The first-order valence-corrected chi connectivity index (χ1v) is 7.84. The minimum absolute atomic E-state index is 0.202. The van der Waals surface area contributed by atoms with Gasteiger partial charge >= 0.3 is 0 Å². The van der Waals surface area contributed by atoms with Crippen molar-refractivity contribution in [2.45, 2.75) is 64.6 Å². The lowest BCUT2D eigenvalue weighted by Crippen LogP contribution is -2.34. The topological polar surface area (TPSA) is 29.1 Å². The van der Waals surface area contributed by atoms with Gasteiger partial charge in [-0.05, 0) is 25.2 Å². The average molecular weight is 306 g/mol. The third kappa shape index (κ3) is 8.64. The van der Waals surface area contributed by atoms with Crippen LogP contribution < -0.4 is 5.32 Å². The van der Waals surface area contributed by atoms with Gasteiger partial charge in [0.15, 0.2) is 0 Å². The van der Waals surface area contributed by atoms with E-state index in [0.29, 0.717) is 10.7 Å². The highest BCUT2D eigenvalue weighted by atomic mass is 79.9. The fourth-order valence-electron chi connectivity index (χ4n) is 1.92. The smallest absolute Gasteiger partial charge is 0.223 e. The van der Waals surface area contributed by atoms with Gasteiger partial charge in [0.1, 0.15) is 0 Å². The molecule has 0 aliphatic heterocycles. The highest BCUT2D eigenvalue weighted by Crippen LogP contribution is 2.14. The Hall–Kier alpha value is -0.0500. The molecule has 0 saturated heterocycles. The lowest BCUT2D eigenvalue weighted by Gasteiger charge is -2.17. The lowest BCUT2D eigenvalue weighted by atomic mass is 9.98. The number of halogens is 1. The maximum Gasteiger partial charge on any atom is 0.223 e. The number of amides is 1. The maximum atomic E-state index is 11.9. The molecule has 0 aromatic heterocycles. The molecule has 1 amide bonds. The summed E-state index contributed by atoms with van der Waals surface area (Å²) in [7, 11) is 0. The van der Waals surface area contributed by atoms with Gasteiger partial charge < -0.3 is 5.32 Å². The highest BCUT2D eigenvalue weighted by Gasteiger charge is 2.16. The summed E-state index contributed by atoms with van der Waals surface area (Å²) in [6.45, 7) is 9.42. The molecule has 2 unspecified atom stereocenters. The number of carbonyl (C=O) groups is 1. The van der Waals surface area contributed by atoms with E-state index in [1.165, 1.54) is 0 Å².